The highest BCUT2D eigenvalue weighted by Gasteiger charge is 2.23. The summed E-state index contributed by atoms with van der Waals surface area (Å²) in [5, 5.41) is 31.0. The number of carbonyl (C=O) groups is 1. The van der Waals surface area contributed by atoms with Crippen molar-refractivity contribution < 1.29 is 25.0 Å². The van der Waals surface area contributed by atoms with E-state index >= 15 is 0 Å². The maximum absolute atomic E-state index is 11.4. The predicted octanol–water partition coefficient (Wildman–Crippen LogP) is 3.09. The Morgan fingerprint density at radius 3 is 2.33 bits per heavy atom. The molecule has 0 unspecified atom stereocenters. The van der Waals surface area contributed by atoms with Crippen LogP contribution in [0.15, 0.2) is 78.9 Å². The van der Waals surface area contributed by atoms with Crippen LogP contribution in [0.2, 0.25) is 0 Å². The summed E-state index contributed by atoms with van der Waals surface area (Å²) >= 11 is 0. The van der Waals surface area contributed by atoms with Gasteiger partial charge in [0.25, 0.3) is 5.91 Å². The zero-order chi connectivity index (χ0) is 19.2. The number of hydrogen-bond acceptors (Lipinski definition) is 5. The Labute approximate surface area is 155 Å². The first-order valence-corrected chi connectivity index (χ1v) is 8.33. The van der Waals surface area contributed by atoms with Crippen LogP contribution >= 0.6 is 0 Å². The normalized spacial score (nSPS) is 13.4. The van der Waals surface area contributed by atoms with Crippen LogP contribution in [-0.2, 0) is 4.79 Å². The Kier molecular flexibility index (Phi) is 5.71. The number of hydrogen-bond donors (Lipinski definition) is 4. The van der Waals surface area contributed by atoms with Gasteiger partial charge in [0.2, 0.25) is 0 Å². The summed E-state index contributed by atoms with van der Waals surface area (Å²) in [4.78, 5) is 11.4. The van der Waals surface area contributed by atoms with Crippen molar-refractivity contribution in [1.82, 2.24) is 5.48 Å². The molecular weight excluding hydrogens is 346 g/mol. The lowest BCUT2D eigenvalue weighted by atomic mass is 9.96. The molecule has 0 saturated carbocycles. The van der Waals surface area contributed by atoms with E-state index in [9.17, 15) is 15.0 Å². The number of nitrogens with one attached hydrogen (secondary N) is 1. The molecule has 138 valence electrons. The number of fused-ring (bicyclic) bond motifs is 1. The molecule has 6 nitrogen and oxygen atoms in total. The fourth-order valence-corrected chi connectivity index (χ4v) is 2.83. The van der Waals surface area contributed by atoms with Crippen molar-refractivity contribution in [2.45, 2.75) is 12.2 Å². The highest BCUT2D eigenvalue weighted by molar-refractivity contribution is 5.91. The monoisotopic (exact) mass is 365 g/mol. The minimum atomic E-state index is -1.13. The van der Waals surface area contributed by atoms with Gasteiger partial charge >= 0.3 is 0 Å². The van der Waals surface area contributed by atoms with Crippen LogP contribution in [-0.4, -0.2) is 27.4 Å². The number of phenols is 1. The molecule has 3 aromatic carbocycles. The quantitative estimate of drug-likeness (QED) is 0.306. The molecule has 0 heterocycles. The number of rotatable bonds is 6. The second-order valence-corrected chi connectivity index (χ2v) is 5.90. The number of ether oxygens (including phenoxy) is 1. The molecule has 27 heavy (non-hydrogen) atoms. The number of benzene rings is 3. The van der Waals surface area contributed by atoms with Gasteiger partial charge in [0.05, 0.1) is 0 Å². The summed E-state index contributed by atoms with van der Waals surface area (Å²) in [6.07, 6.45) is 0.417. The van der Waals surface area contributed by atoms with Crippen LogP contribution in [0, 0.1) is 0 Å². The molecule has 3 aromatic rings. The minimum Gasteiger partial charge on any atom is -0.507 e. The zero-order valence-corrected chi connectivity index (χ0v) is 14.3. The summed E-state index contributed by atoms with van der Waals surface area (Å²) in [5.74, 6) is -0.115. The fourth-order valence-electron chi connectivity index (χ4n) is 2.83. The van der Waals surface area contributed by atoms with Crippen molar-refractivity contribution in [2.24, 2.45) is 0 Å². The third-order valence-corrected chi connectivity index (χ3v) is 4.13. The van der Waals surface area contributed by atoms with Gasteiger partial charge in [-0.05, 0) is 35.2 Å². The van der Waals surface area contributed by atoms with Crippen molar-refractivity contribution in [3.05, 3.63) is 84.4 Å². The van der Waals surface area contributed by atoms with Crippen molar-refractivity contribution in [1.29, 1.82) is 0 Å². The fraction of sp³-hybridized carbons (Fsp3) is 0.0952. The van der Waals surface area contributed by atoms with Crippen molar-refractivity contribution in [2.75, 3.05) is 0 Å². The molecule has 2 atom stereocenters. The second kappa shape index (κ2) is 8.35. The van der Waals surface area contributed by atoms with Gasteiger partial charge in [-0.1, -0.05) is 48.5 Å². The summed E-state index contributed by atoms with van der Waals surface area (Å²) in [6.45, 7) is 0. The van der Waals surface area contributed by atoms with Gasteiger partial charge in [-0.25, -0.2) is 5.48 Å². The zero-order valence-electron chi connectivity index (χ0n) is 14.3. The first kappa shape index (κ1) is 18.4. The van der Waals surface area contributed by atoms with Crippen LogP contribution in [0.3, 0.4) is 0 Å². The molecule has 4 N–H and O–H groups in total. The van der Waals surface area contributed by atoms with Crippen molar-refractivity contribution >= 4 is 16.7 Å². The van der Waals surface area contributed by atoms with Gasteiger partial charge in [-0.2, -0.15) is 0 Å². The number of phenolic OH excluding ortho intramolecular Hbond substituents is 1. The molecule has 0 aliphatic heterocycles. The number of hydroxylamine groups is 1. The second-order valence-electron chi connectivity index (χ2n) is 5.90. The average Bonchev–Trinajstić information content (AvgIpc) is 2.71. The number of carbonyl (C=O) groups excluding carboxylic acids is 1. The van der Waals surface area contributed by atoms with E-state index in [1.165, 1.54) is 17.6 Å². The summed E-state index contributed by atoms with van der Waals surface area (Å²) < 4.78 is 5.84. The molecule has 3 rings (SSSR count). The van der Waals surface area contributed by atoms with E-state index < -0.39 is 18.1 Å². The van der Waals surface area contributed by atoms with Crippen molar-refractivity contribution in [3.8, 4) is 11.5 Å². The van der Waals surface area contributed by atoms with E-state index in [1.54, 1.807) is 54.6 Å². The third kappa shape index (κ3) is 4.25. The Bertz CT molecular complexity index is 955. The molecule has 0 bridgehead atoms. The number of aromatic hydroxyl groups is 1. The Morgan fingerprint density at radius 1 is 0.963 bits per heavy atom. The number of para-hydroxylation sites is 1. The van der Waals surface area contributed by atoms with Gasteiger partial charge in [0, 0.05) is 11.5 Å². The molecule has 0 saturated heterocycles. The Balaban J connectivity index is 1.99. The largest absolute Gasteiger partial charge is 0.507 e. The topological polar surface area (TPSA) is 99.0 Å². The molecule has 1 amide bonds. The van der Waals surface area contributed by atoms with Crippen LogP contribution in [0.4, 0.5) is 0 Å². The number of aliphatic hydroxyl groups is 1. The van der Waals surface area contributed by atoms with Crippen LogP contribution in [0.25, 0.3) is 10.8 Å². The average molecular weight is 365 g/mol. The van der Waals surface area contributed by atoms with E-state index in [-0.39, 0.29) is 5.75 Å². The van der Waals surface area contributed by atoms with E-state index in [4.69, 9.17) is 9.94 Å². The molecule has 0 spiro atoms. The smallest absolute Gasteiger partial charge is 0.267 e. The molecule has 0 aromatic heterocycles. The number of amides is 1. The van der Waals surface area contributed by atoms with Crippen LogP contribution in [0.1, 0.15) is 11.7 Å². The van der Waals surface area contributed by atoms with Crippen molar-refractivity contribution in [3.63, 3.8) is 0 Å². The highest BCUT2D eigenvalue weighted by atomic mass is 16.5. The van der Waals surface area contributed by atoms with E-state index in [2.05, 4.69) is 0 Å². The number of aliphatic hydroxyl groups excluding tert-OH is 1. The summed E-state index contributed by atoms with van der Waals surface area (Å²) in [7, 11) is 0. The third-order valence-electron chi connectivity index (χ3n) is 4.13. The first-order valence-electron chi connectivity index (χ1n) is 8.33. The van der Waals surface area contributed by atoms with Gasteiger partial charge in [0.1, 0.15) is 23.7 Å². The molecule has 6 heteroatoms. The molecular formula is C21H19NO5. The van der Waals surface area contributed by atoms with Crippen LogP contribution in [0.5, 0.6) is 11.5 Å². The maximum Gasteiger partial charge on any atom is 0.267 e. The molecule has 0 aliphatic carbocycles. The highest BCUT2D eigenvalue weighted by Crippen LogP contribution is 2.33. The maximum atomic E-state index is 11.4. The summed E-state index contributed by atoms with van der Waals surface area (Å²) in [5.41, 5.74) is 2.04. The Hall–Kier alpha value is -3.35. The SMILES string of the molecule is O=C(/C=C/[C@H](Oc1ccccc1)[C@@H](O)c1ccc(O)c2ccccc12)NO. The summed E-state index contributed by atoms with van der Waals surface area (Å²) in [6, 6.07) is 19.1. The van der Waals surface area contributed by atoms with Gasteiger partial charge in [-0.3, -0.25) is 10.0 Å². The standard InChI is InChI=1S/C21H19NO5/c23-18-11-10-17(15-8-4-5-9-16(15)18)21(25)19(12-13-20(24)22-26)27-14-6-2-1-3-7-14/h1-13,19,21,23,25-26H,(H,22,24)/b13-12+/t19-,21-/m0/s1. The van der Waals surface area contributed by atoms with E-state index in [0.717, 1.165) is 6.08 Å². The molecule has 0 aliphatic rings. The van der Waals surface area contributed by atoms with Gasteiger partial charge in [-0.15, -0.1) is 0 Å². The van der Waals surface area contributed by atoms with E-state index in [1.807, 2.05) is 6.07 Å². The van der Waals surface area contributed by atoms with Crippen LogP contribution < -0.4 is 10.2 Å². The van der Waals surface area contributed by atoms with E-state index in [0.29, 0.717) is 22.1 Å². The first-order chi connectivity index (χ1) is 13.1. The predicted molar refractivity (Wildman–Crippen MR) is 100 cm³/mol. The van der Waals surface area contributed by atoms with Gasteiger partial charge in [0.15, 0.2) is 0 Å². The lowest BCUT2D eigenvalue weighted by molar-refractivity contribution is -0.124. The molecule has 0 radical (unpaired) electrons. The minimum absolute atomic E-state index is 0.109. The Morgan fingerprint density at radius 2 is 1.63 bits per heavy atom. The van der Waals surface area contributed by atoms with Gasteiger partial charge < -0.3 is 14.9 Å². The lowest BCUT2D eigenvalue weighted by Crippen LogP contribution is -2.25. The lowest BCUT2D eigenvalue weighted by Gasteiger charge is -2.23. The molecule has 0 fully saturated rings.